The van der Waals surface area contributed by atoms with Gasteiger partial charge in [0.15, 0.2) is 17.5 Å². The van der Waals surface area contributed by atoms with Crippen molar-refractivity contribution < 1.29 is 0 Å². The maximum Gasteiger partial charge on any atom is 0.164 e. The van der Waals surface area contributed by atoms with E-state index in [9.17, 15) is 0 Å². The zero-order chi connectivity index (χ0) is 44.6. The standard InChI is InChI=1S/C61H42N6/c1-61(2)50-26-13-12-25-48(50)57-56(61)55-53(67(57)46-23-10-5-11-24-46)34-33-52-54(55)49-37-43(45-22-15-35-62-38-45)29-32-51(49)66(52)47-30-27-39(28-31-47)42-20-14-21-44(36-42)60-64-58(40-16-6-3-7-17-40)63-59(65-60)41-18-8-4-9-19-41/h3-38H,1-2H3. The molecular weight excluding hydrogens is 817 g/mol. The van der Waals surface area contributed by atoms with Crippen LogP contribution in [0.4, 0.5) is 0 Å². The number of nitrogens with zero attached hydrogens (tertiary/aromatic N) is 6. The van der Waals surface area contributed by atoms with Crippen LogP contribution >= 0.6 is 0 Å². The fourth-order valence-corrected chi connectivity index (χ4v) is 10.5. The molecule has 6 nitrogen and oxygen atoms in total. The van der Waals surface area contributed by atoms with Crippen LogP contribution < -0.4 is 0 Å². The van der Waals surface area contributed by atoms with Gasteiger partial charge in [-0.1, -0.05) is 159 Å². The van der Waals surface area contributed by atoms with Gasteiger partial charge in [0.1, 0.15) is 0 Å². The topological polar surface area (TPSA) is 61.4 Å². The summed E-state index contributed by atoms with van der Waals surface area (Å²) < 4.78 is 4.94. The molecule has 0 N–H and O–H groups in total. The first-order valence-electron chi connectivity index (χ1n) is 22.8. The lowest BCUT2D eigenvalue weighted by molar-refractivity contribution is 0.666. The largest absolute Gasteiger partial charge is 0.309 e. The minimum Gasteiger partial charge on any atom is -0.309 e. The van der Waals surface area contributed by atoms with E-state index >= 15 is 0 Å². The molecule has 6 heteroatoms. The van der Waals surface area contributed by atoms with Crippen LogP contribution in [0, 0.1) is 0 Å². The number of hydrogen-bond donors (Lipinski definition) is 0. The second-order valence-electron chi connectivity index (χ2n) is 17.9. The van der Waals surface area contributed by atoms with Crippen LogP contribution in [0.5, 0.6) is 0 Å². The van der Waals surface area contributed by atoms with Gasteiger partial charge < -0.3 is 9.13 Å². The van der Waals surface area contributed by atoms with E-state index in [0.29, 0.717) is 17.5 Å². The molecule has 0 amide bonds. The first kappa shape index (κ1) is 38.7. The molecule has 316 valence electrons. The number of hydrogen-bond acceptors (Lipinski definition) is 4. The van der Waals surface area contributed by atoms with Crippen LogP contribution in [0.1, 0.15) is 25.0 Å². The summed E-state index contributed by atoms with van der Waals surface area (Å²) in [4.78, 5) is 19.5. The second kappa shape index (κ2) is 15.2. The molecule has 12 aromatic rings. The Bertz CT molecular complexity index is 3800. The van der Waals surface area contributed by atoms with Crippen molar-refractivity contribution in [1.29, 1.82) is 0 Å². The maximum absolute atomic E-state index is 5.02. The Morgan fingerprint density at radius 3 is 1.61 bits per heavy atom. The van der Waals surface area contributed by atoms with Crippen LogP contribution in [0.25, 0.3) is 112 Å². The lowest BCUT2D eigenvalue weighted by Gasteiger charge is -2.21. The van der Waals surface area contributed by atoms with Crippen LogP contribution in [-0.4, -0.2) is 29.1 Å². The molecule has 0 fully saturated rings. The average molecular weight is 859 g/mol. The van der Waals surface area contributed by atoms with Crippen molar-refractivity contribution in [3.63, 3.8) is 0 Å². The number of fused-ring (bicyclic) bond motifs is 9. The van der Waals surface area contributed by atoms with E-state index in [2.05, 4.69) is 167 Å². The number of pyridine rings is 1. The molecule has 67 heavy (non-hydrogen) atoms. The van der Waals surface area contributed by atoms with Crippen molar-refractivity contribution in [3.05, 3.63) is 230 Å². The van der Waals surface area contributed by atoms with Crippen LogP contribution in [0.2, 0.25) is 0 Å². The molecule has 0 spiro atoms. The van der Waals surface area contributed by atoms with Crippen molar-refractivity contribution in [2.75, 3.05) is 0 Å². The van der Waals surface area contributed by atoms with E-state index in [4.69, 9.17) is 15.0 Å². The van der Waals surface area contributed by atoms with Gasteiger partial charge in [-0.15, -0.1) is 0 Å². The summed E-state index contributed by atoms with van der Waals surface area (Å²) in [5, 5.41) is 3.76. The van der Waals surface area contributed by atoms with Crippen LogP contribution in [0.3, 0.4) is 0 Å². The highest BCUT2D eigenvalue weighted by Gasteiger charge is 2.41. The monoisotopic (exact) mass is 858 g/mol. The van der Waals surface area contributed by atoms with Crippen molar-refractivity contribution in [2.24, 2.45) is 0 Å². The molecule has 0 unspecified atom stereocenters. The fourth-order valence-electron chi connectivity index (χ4n) is 10.5. The predicted molar refractivity (Wildman–Crippen MR) is 274 cm³/mol. The minimum absolute atomic E-state index is 0.239. The van der Waals surface area contributed by atoms with Gasteiger partial charge in [-0.3, -0.25) is 4.98 Å². The number of benzene rings is 8. The van der Waals surface area contributed by atoms with Gasteiger partial charge in [-0.05, 0) is 88.5 Å². The van der Waals surface area contributed by atoms with E-state index < -0.39 is 0 Å². The third-order valence-electron chi connectivity index (χ3n) is 13.6. The smallest absolute Gasteiger partial charge is 0.164 e. The van der Waals surface area contributed by atoms with Crippen molar-refractivity contribution in [3.8, 4) is 79.0 Å². The molecule has 4 aromatic heterocycles. The van der Waals surface area contributed by atoms with E-state index in [1.54, 1.807) is 0 Å². The molecular formula is C61H42N6. The molecule has 0 atom stereocenters. The second-order valence-corrected chi connectivity index (χ2v) is 17.9. The molecule has 1 aliphatic rings. The van der Waals surface area contributed by atoms with Crippen molar-refractivity contribution >= 4 is 32.7 Å². The summed E-state index contributed by atoms with van der Waals surface area (Å²) in [6.45, 7) is 4.79. The Morgan fingerprint density at radius 1 is 0.388 bits per heavy atom. The lowest BCUT2D eigenvalue weighted by Crippen LogP contribution is -2.14. The van der Waals surface area contributed by atoms with Crippen molar-refractivity contribution in [1.82, 2.24) is 29.1 Å². The number of para-hydroxylation sites is 1. The summed E-state index contributed by atoms with van der Waals surface area (Å²) in [5.41, 5.74) is 18.0. The van der Waals surface area contributed by atoms with Gasteiger partial charge in [-0.25, -0.2) is 15.0 Å². The molecule has 0 aliphatic heterocycles. The normalized spacial score (nSPS) is 12.7. The quantitative estimate of drug-likeness (QED) is 0.160. The van der Waals surface area contributed by atoms with Crippen LogP contribution in [0.15, 0.2) is 219 Å². The Labute approximate surface area is 388 Å². The van der Waals surface area contributed by atoms with E-state index in [1.807, 2.05) is 79.1 Å². The zero-order valence-electron chi connectivity index (χ0n) is 37.0. The van der Waals surface area contributed by atoms with Crippen molar-refractivity contribution in [2.45, 2.75) is 19.3 Å². The molecule has 1 aliphatic carbocycles. The summed E-state index contributed by atoms with van der Waals surface area (Å²) >= 11 is 0. The van der Waals surface area contributed by atoms with Gasteiger partial charge in [0.25, 0.3) is 0 Å². The molecule has 8 aromatic carbocycles. The highest BCUT2D eigenvalue weighted by molar-refractivity contribution is 6.24. The van der Waals surface area contributed by atoms with E-state index in [0.717, 1.165) is 55.8 Å². The molecule has 0 radical (unpaired) electrons. The third-order valence-corrected chi connectivity index (χ3v) is 13.6. The van der Waals surface area contributed by atoms with E-state index in [-0.39, 0.29) is 5.41 Å². The van der Waals surface area contributed by atoms with Gasteiger partial charge in [0.05, 0.1) is 22.2 Å². The first-order chi connectivity index (χ1) is 33.0. The van der Waals surface area contributed by atoms with Crippen LogP contribution in [-0.2, 0) is 5.41 Å². The fraction of sp³-hybridized carbons (Fsp3) is 0.0492. The molecule has 4 heterocycles. The van der Waals surface area contributed by atoms with Gasteiger partial charge in [-0.2, -0.15) is 0 Å². The molecule has 13 rings (SSSR count). The predicted octanol–water partition coefficient (Wildman–Crippen LogP) is 14.9. The number of aromatic nitrogens is 6. The third kappa shape index (κ3) is 6.18. The maximum atomic E-state index is 5.02. The van der Waals surface area contributed by atoms with Gasteiger partial charge >= 0.3 is 0 Å². The molecule has 0 bridgehead atoms. The lowest BCUT2D eigenvalue weighted by atomic mass is 9.81. The van der Waals surface area contributed by atoms with Gasteiger partial charge in [0, 0.05) is 73.2 Å². The first-order valence-corrected chi connectivity index (χ1v) is 22.8. The minimum atomic E-state index is -0.239. The Hall–Kier alpha value is -8.74. The average Bonchev–Trinajstić information content (AvgIpc) is 4.01. The van der Waals surface area contributed by atoms with E-state index in [1.165, 1.54) is 49.6 Å². The Kier molecular flexibility index (Phi) is 8.77. The summed E-state index contributed by atoms with van der Waals surface area (Å²) in [6, 6.07) is 73.2. The number of rotatable bonds is 7. The molecule has 0 saturated carbocycles. The Balaban J connectivity index is 0.988. The summed E-state index contributed by atoms with van der Waals surface area (Å²) in [6.07, 6.45) is 3.79. The highest BCUT2D eigenvalue weighted by Crippen LogP contribution is 2.56. The molecule has 0 saturated heterocycles. The highest BCUT2D eigenvalue weighted by atomic mass is 15.0. The SMILES string of the molecule is CC1(C)c2ccccc2-c2c1c1c3c4cc(-c5cccnc5)ccc4n(-c4ccc(-c5cccc(-c6nc(-c7ccccc7)nc(-c7ccccc7)n6)c5)cc4)c3ccc1n2-c1ccccc1. The summed E-state index contributed by atoms with van der Waals surface area (Å²) in [5.74, 6) is 1.92. The zero-order valence-corrected chi connectivity index (χ0v) is 37.0. The summed E-state index contributed by atoms with van der Waals surface area (Å²) in [7, 11) is 0. The Morgan fingerprint density at radius 2 is 0.925 bits per heavy atom. The van der Waals surface area contributed by atoms with Gasteiger partial charge in [0.2, 0.25) is 0 Å².